The van der Waals surface area contributed by atoms with Crippen LogP contribution in [0.25, 0.3) is 11.3 Å². The molecular formula is C22H23F3N2O. The van der Waals surface area contributed by atoms with Crippen molar-refractivity contribution in [3.63, 3.8) is 0 Å². The van der Waals surface area contributed by atoms with Crippen molar-refractivity contribution in [2.45, 2.75) is 45.8 Å². The van der Waals surface area contributed by atoms with E-state index in [1.165, 1.54) is 17.7 Å². The molecule has 0 fully saturated rings. The third-order valence-corrected chi connectivity index (χ3v) is 4.47. The molecule has 0 N–H and O–H groups in total. The van der Waals surface area contributed by atoms with Gasteiger partial charge in [-0.05, 0) is 48.2 Å². The van der Waals surface area contributed by atoms with E-state index in [0.29, 0.717) is 18.2 Å². The van der Waals surface area contributed by atoms with E-state index in [0.717, 1.165) is 23.4 Å². The summed E-state index contributed by atoms with van der Waals surface area (Å²) in [5, 5.41) is 4.59. The van der Waals surface area contributed by atoms with Crippen LogP contribution in [0.3, 0.4) is 0 Å². The SMILES string of the molecule is CCn1nc(-c2cccc(C(C)(C)C)c2)cc1Oc1ccc(C(F)(F)F)cc1. The molecule has 0 bridgehead atoms. The van der Waals surface area contributed by atoms with E-state index in [1.54, 1.807) is 4.68 Å². The molecule has 148 valence electrons. The van der Waals surface area contributed by atoms with E-state index >= 15 is 0 Å². The van der Waals surface area contributed by atoms with Crippen LogP contribution in [0.15, 0.2) is 54.6 Å². The number of nitrogens with zero attached hydrogens (tertiary/aromatic N) is 2. The number of hydrogen-bond acceptors (Lipinski definition) is 2. The van der Waals surface area contributed by atoms with Gasteiger partial charge in [-0.1, -0.05) is 39.0 Å². The second-order valence-corrected chi connectivity index (χ2v) is 7.64. The summed E-state index contributed by atoms with van der Waals surface area (Å²) in [5.74, 6) is 0.816. The maximum absolute atomic E-state index is 12.7. The average molecular weight is 388 g/mol. The van der Waals surface area contributed by atoms with E-state index in [1.807, 2.05) is 25.1 Å². The van der Waals surface area contributed by atoms with Crippen LogP contribution in [0, 0.1) is 0 Å². The number of ether oxygens (including phenoxy) is 1. The summed E-state index contributed by atoms with van der Waals surface area (Å²) in [4.78, 5) is 0. The Bertz CT molecular complexity index is 951. The molecule has 3 nitrogen and oxygen atoms in total. The highest BCUT2D eigenvalue weighted by atomic mass is 19.4. The number of rotatable bonds is 4. The van der Waals surface area contributed by atoms with Gasteiger partial charge in [-0.3, -0.25) is 0 Å². The fourth-order valence-corrected chi connectivity index (χ4v) is 2.83. The van der Waals surface area contributed by atoms with Gasteiger partial charge < -0.3 is 4.74 Å². The molecular weight excluding hydrogens is 365 g/mol. The van der Waals surface area contributed by atoms with Crippen LogP contribution >= 0.6 is 0 Å². The molecule has 1 heterocycles. The maximum atomic E-state index is 12.7. The second kappa shape index (κ2) is 7.34. The average Bonchev–Trinajstić information content (AvgIpc) is 3.04. The minimum Gasteiger partial charge on any atom is -0.439 e. The molecule has 0 aliphatic carbocycles. The highest BCUT2D eigenvalue weighted by Gasteiger charge is 2.30. The number of aromatic nitrogens is 2. The monoisotopic (exact) mass is 388 g/mol. The lowest BCUT2D eigenvalue weighted by molar-refractivity contribution is -0.137. The molecule has 0 unspecified atom stereocenters. The van der Waals surface area contributed by atoms with Crippen LogP contribution < -0.4 is 4.74 Å². The van der Waals surface area contributed by atoms with Crippen LogP contribution in [0.1, 0.15) is 38.8 Å². The van der Waals surface area contributed by atoms with Crippen molar-refractivity contribution in [1.82, 2.24) is 9.78 Å². The van der Waals surface area contributed by atoms with Gasteiger partial charge in [0, 0.05) is 18.2 Å². The Labute approximate surface area is 162 Å². The summed E-state index contributed by atoms with van der Waals surface area (Å²) in [6, 6.07) is 14.6. The normalized spacial score (nSPS) is 12.2. The van der Waals surface area contributed by atoms with Crippen molar-refractivity contribution in [1.29, 1.82) is 0 Å². The number of benzene rings is 2. The summed E-state index contributed by atoms with van der Waals surface area (Å²) in [6.07, 6.45) is -4.37. The summed E-state index contributed by atoms with van der Waals surface area (Å²) >= 11 is 0. The minimum absolute atomic E-state index is 0.0168. The van der Waals surface area contributed by atoms with Gasteiger partial charge in [0.05, 0.1) is 11.3 Å². The Kier molecular flexibility index (Phi) is 5.24. The quantitative estimate of drug-likeness (QED) is 0.498. The van der Waals surface area contributed by atoms with Crippen LogP contribution in [0.5, 0.6) is 11.6 Å². The molecule has 28 heavy (non-hydrogen) atoms. The van der Waals surface area contributed by atoms with Gasteiger partial charge in [0.15, 0.2) is 0 Å². The minimum atomic E-state index is -4.37. The first-order chi connectivity index (χ1) is 13.1. The Hall–Kier alpha value is -2.76. The highest BCUT2D eigenvalue weighted by molar-refractivity contribution is 5.62. The molecule has 2 aromatic carbocycles. The molecule has 1 aromatic heterocycles. The van der Waals surface area contributed by atoms with Gasteiger partial charge >= 0.3 is 6.18 Å². The van der Waals surface area contributed by atoms with Crippen molar-refractivity contribution in [2.24, 2.45) is 0 Å². The molecule has 0 atom stereocenters. The van der Waals surface area contributed by atoms with E-state index in [-0.39, 0.29) is 5.41 Å². The molecule has 0 aliphatic rings. The van der Waals surface area contributed by atoms with E-state index in [4.69, 9.17) is 4.74 Å². The lowest BCUT2D eigenvalue weighted by Gasteiger charge is -2.19. The van der Waals surface area contributed by atoms with E-state index in [9.17, 15) is 13.2 Å². The van der Waals surface area contributed by atoms with Crippen LogP contribution in [0.4, 0.5) is 13.2 Å². The summed E-state index contributed by atoms with van der Waals surface area (Å²) < 4.78 is 45.6. The molecule has 3 aromatic rings. The Balaban J connectivity index is 1.89. The molecule has 0 spiro atoms. The number of hydrogen-bond donors (Lipinski definition) is 0. The van der Waals surface area contributed by atoms with E-state index in [2.05, 4.69) is 38.0 Å². The zero-order valence-corrected chi connectivity index (χ0v) is 16.3. The van der Waals surface area contributed by atoms with Gasteiger partial charge in [0.1, 0.15) is 5.75 Å². The first-order valence-electron chi connectivity index (χ1n) is 9.12. The van der Waals surface area contributed by atoms with Crippen LogP contribution in [0.2, 0.25) is 0 Å². The maximum Gasteiger partial charge on any atom is 0.416 e. The summed E-state index contributed by atoms with van der Waals surface area (Å²) in [6.45, 7) is 8.96. The Morgan fingerprint density at radius 1 is 0.929 bits per heavy atom. The van der Waals surface area contributed by atoms with Crippen molar-refractivity contribution in [3.05, 3.63) is 65.7 Å². The highest BCUT2D eigenvalue weighted by Crippen LogP contribution is 2.33. The fourth-order valence-electron chi connectivity index (χ4n) is 2.83. The van der Waals surface area contributed by atoms with E-state index < -0.39 is 11.7 Å². The summed E-state index contributed by atoms with van der Waals surface area (Å²) in [7, 11) is 0. The lowest BCUT2D eigenvalue weighted by Crippen LogP contribution is -2.10. The standard InChI is InChI=1S/C22H23F3N2O/c1-5-27-20(28-18-11-9-16(10-12-18)22(23,24)25)14-19(26-27)15-7-6-8-17(13-15)21(2,3)4/h6-14H,5H2,1-4H3. The third kappa shape index (κ3) is 4.38. The van der Waals surface area contributed by atoms with Gasteiger partial charge in [0.25, 0.3) is 0 Å². The first kappa shape index (κ1) is 20.0. The topological polar surface area (TPSA) is 27.1 Å². The van der Waals surface area contributed by atoms with Crippen molar-refractivity contribution in [3.8, 4) is 22.9 Å². The van der Waals surface area contributed by atoms with Gasteiger partial charge in [-0.2, -0.15) is 18.3 Å². The van der Waals surface area contributed by atoms with Crippen molar-refractivity contribution >= 4 is 0 Å². The molecule has 0 saturated carbocycles. The van der Waals surface area contributed by atoms with Crippen molar-refractivity contribution in [2.75, 3.05) is 0 Å². The molecule has 0 aliphatic heterocycles. The third-order valence-electron chi connectivity index (χ3n) is 4.47. The molecule has 0 saturated heterocycles. The van der Waals surface area contributed by atoms with Crippen molar-refractivity contribution < 1.29 is 17.9 Å². The lowest BCUT2D eigenvalue weighted by atomic mass is 9.86. The largest absolute Gasteiger partial charge is 0.439 e. The predicted octanol–water partition coefficient (Wildman–Crippen LogP) is 6.68. The molecule has 3 rings (SSSR count). The smallest absolute Gasteiger partial charge is 0.416 e. The first-order valence-corrected chi connectivity index (χ1v) is 9.12. The van der Waals surface area contributed by atoms with Gasteiger partial charge in [-0.15, -0.1) is 0 Å². The predicted molar refractivity (Wildman–Crippen MR) is 104 cm³/mol. The Morgan fingerprint density at radius 3 is 2.18 bits per heavy atom. The fraction of sp³-hybridized carbons (Fsp3) is 0.318. The summed E-state index contributed by atoms with van der Waals surface area (Å²) in [5.41, 5.74) is 2.24. The molecule has 0 amide bonds. The molecule has 6 heteroatoms. The van der Waals surface area contributed by atoms with Gasteiger partial charge in [0.2, 0.25) is 5.88 Å². The Morgan fingerprint density at radius 2 is 1.61 bits per heavy atom. The second-order valence-electron chi connectivity index (χ2n) is 7.64. The van der Waals surface area contributed by atoms with Crippen LogP contribution in [-0.4, -0.2) is 9.78 Å². The number of aryl methyl sites for hydroxylation is 1. The zero-order valence-electron chi connectivity index (χ0n) is 16.3. The molecule has 0 radical (unpaired) electrons. The number of halogens is 3. The van der Waals surface area contributed by atoms with Crippen LogP contribution in [-0.2, 0) is 18.1 Å². The van der Waals surface area contributed by atoms with Gasteiger partial charge in [-0.25, -0.2) is 4.68 Å². The number of alkyl halides is 3. The zero-order chi connectivity index (χ0) is 20.5.